The molecular weight excluding hydrogens is 542 g/mol. The minimum absolute atomic E-state index is 0. The first-order valence-corrected chi connectivity index (χ1v) is 16.2. The van der Waals surface area contributed by atoms with E-state index in [9.17, 15) is 0 Å². The first kappa shape index (κ1) is 42.2. The molecule has 40 heavy (non-hydrogen) atoms. The molecule has 0 atom stereocenters. The van der Waals surface area contributed by atoms with Crippen molar-refractivity contribution in [1.82, 2.24) is 0 Å². The summed E-state index contributed by atoms with van der Waals surface area (Å²) < 4.78 is 40.6. The van der Waals surface area contributed by atoms with Gasteiger partial charge in [-0.15, -0.1) is 0 Å². The molecule has 0 spiro atoms. The molecule has 8 heteroatoms. The number of benzene rings is 2. The summed E-state index contributed by atoms with van der Waals surface area (Å²) in [4.78, 5) is 0. The smallest absolute Gasteiger partial charge is 0.759 e. The second kappa shape index (κ2) is 27.9. The summed E-state index contributed by atoms with van der Waals surface area (Å²) in [5.74, 6) is 2.09. The number of unbranched alkanes of at least 4 members (excludes halogenated alkanes) is 14. The van der Waals surface area contributed by atoms with Gasteiger partial charge in [0.05, 0.1) is 0 Å². The zero-order valence-electron chi connectivity index (χ0n) is 25.8. The summed E-state index contributed by atoms with van der Waals surface area (Å²) in [5.41, 5.74) is 2.70. The van der Waals surface area contributed by atoms with E-state index in [0.29, 0.717) is 0 Å². The Kier molecular flexibility index (Phi) is 29.5. The summed E-state index contributed by atoms with van der Waals surface area (Å²) in [5, 5.41) is 0. The third-order valence-corrected chi connectivity index (χ3v) is 6.76. The summed E-state index contributed by atoms with van der Waals surface area (Å²) in [6.45, 7) is 4.57. The standard InChI is InChI=1S/C32H50O.2Na.H2O4S/c1-3-5-7-9-11-13-15-17-23-29-25-19-21-27-31(29)33-32-28-22-20-26-30(32)24-18-16-14-12-10-8-6-4-2;;;1-5(2,3)4/h19-22,25-28H,3-18,23-24H2,1-2H3;;;(H2,1,2,3,4)/q;2*+1;/p-2. The van der Waals surface area contributed by atoms with Crippen molar-refractivity contribution in [2.75, 3.05) is 0 Å². The molecule has 216 valence electrons. The van der Waals surface area contributed by atoms with Gasteiger partial charge in [-0.25, -0.2) is 0 Å². The molecule has 0 aliphatic heterocycles. The average Bonchev–Trinajstić information content (AvgIpc) is 2.88. The Morgan fingerprint density at radius 1 is 0.525 bits per heavy atom. The van der Waals surface area contributed by atoms with Gasteiger partial charge >= 0.3 is 59.1 Å². The summed E-state index contributed by atoms with van der Waals surface area (Å²) in [6, 6.07) is 17.3. The van der Waals surface area contributed by atoms with Crippen LogP contribution in [-0.4, -0.2) is 17.5 Å². The van der Waals surface area contributed by atoms with Gasteiger partial charge in [-0.05, 0) is 48.9 Å². The number of hydrogen-bond donors (Lipinski definition) is 0. The van der Waals surface area contributed by atoms with E-state index < -0.39 is 10.4 Å². The van der Waals surface area contributed by atoms with Crippen molar-refractivity contribution < 1.29 is 81.4 Å². The summed E-state index contributed by atoms with van der Waals surface area (Å²) in [6.07, 6.45) is 24.0. The van der Waals surface area contributed by atoms with Crippen LogP contribution in [0.25, 0.3) is 0 Å². The van der Waals surface area contributed by atoms with Crippen LogP contribution in [0, 0.1) is 0 Å². The fourth-order valence-electron chi connectivity index (χ4n) is 4.64. The predicted octanol–water partition coefficient (Wildman–Crippen LogP) is 3.52. The quantitative estimate of drug-likeness (QED) is 0.102. The van der Waals surface area contributed by atoms with E-state index in [1.165, 1.54) is 114 Å². The van der Waals surface area contributed by atoms with Crippen LogP contribution in [-0.2, 0) is 23.2 Å². The van der Waals surface area contributed by atoms with E-state index in [0.717, 1.165) is 24.3 Å². The fourth-order valence-corrected chi connectivity index (χ4v) is 4.64. The Labute approximate surface area is 289 Å². The minimum atomic E-state index is -5.17. The molecule has 0 aliphatic carbocycles. The third kappa shape index (κ3) is 24.7. The minimum Gasteiger partial charge on any atom is -0.759 e. The summed E-state index contributed by atoms with van der Waals surface area (Å²) in [7, 11) is -5.17. The van der Waals surface area contributed by atoms with E-state index >= 15 is 0 Å². The van der Waals surface area contributed by atoms with Gasteiger partial charge in [0.15, 0.2) is 0 Å². The molecule has 0 aliphatic rings. The van der Waals surface area contributed by atoms with Crippen LogP contribution in [0.5, 0.6) is 11.5 Å². The Bertz CT molecular complexity index is 884. The van der Waals surface area contributed by atoms with Gasteiger partial charge in [-0.3, -0.25) is 8.42 Å². The van der Waals surface area contributed by atoms with Gasteiger partial charge in [0.25, 0.3) is 0 Å². The topological polar surface area (TPSA) is 89.5 Å². The molecular formula is C32H50Na2O5S. The van der Waals surface area contributed by atoms with Crippen molar-refractivity contribution in [1.29, 1.82) is 0 Å². The molecule has 2 rings (SSSR count). The van der Waals surface area contributed by atoms with E-state index in [-0.39, 0.29) is 59.1 Å². The first-order chi connectivity index (χ1) is 18.3. The molecule has 0 saturated carbocycles. The zero-order valence-corrected chi connectivity index (χ0v) is 30.6. The summed E-state index contributed by atoms with van der Waals surface area (Å²) >= 11 is 0. The number of rotatable bonds is 20. The first-order valence-electron chi connectivity index (χ1n) is 14.9. The largest absolute Gasteiger partial charge is 1.00 e. The molecule has 0 bridgehead atoms. The molecule has 0 amide bonds. The molecule has 2 aromatic rings. The van der Waals surface area contributed by atoms with Crippen LogP contribution in [0.3, 0.4) is 0 Å². The SMILES string of the molecule is CCCCCCCCCCc1ccccc1Oc1ccccc1CCCCCCCCCC.O=S(=O)([O-])[O-].[Na+].[Na+]. The Morgan fingerprint density at radius 2 is 0.800 bits per heavy atom. The third-order valence-electron chi connectivity index (χ3n) is 6.76. The van der Waals surface area contributed by atoms with Gasteiger partial charge < -0.3 is 13.8 Å². The molecule has 0 heterocycles. The zero-order chi connectivity index (χ0) is 27.9. The van der Waals surface area contributed by atoms with E-state index in [2.05, 4.69) is 62.4 Å². The number of hydrogen-bond acceptors (Lipinski definition) is 5. The van der Waals surface area contributed by atoms with Crippen molar-refractivity contribution in [2.45, 2.75) is 129 Å². The second-order valence-corrected chi connectivity index (χ2v) is 11.0. The number of para-hydroxylation sites is 2. The van der Waals surface area contributed by atoms with Crippen LogP contribution in [0.1, 0.15) is 128 Å². The van der Waals surface area contributed by atoms with Crippen molar-refractivity contribution in [3.63, 3.8) is 0 Å². The van der Waals surface area contributed by atoms with Crippen LogP contribution < -0.4 is 63.9 Å². The molecule has 0 fully saturated rings. The van der Waals surface area contributed by atoms with Crippen LogP contribution in [0.15, 0.2) is 48.5 Å². The van der Waals surface area contributed by atoms with Crippen molar-refractivity contribution >= 4 is 10.4 Å². The normalized spacial score (nSPS) is 10.6. The maximum atomic E-state index is 8.52. The van der Waals surface area contributed by atoms with Crippen molar-refractivity contribution in [3.8, 4) is 11.5 Å². The van der Waals surface area contributed by atoms with Crippen LogP contribution in [0.4, 0.5) is 0 Å². The molecule has 0 N–H and O–H groups in total. The van der Waals surface area contributed by atoms with Crippen LogP contribution in [0.2, 0.25) is 0 Å². The Hall–Kier alpha value is 0.110. The molecule has 0 aromatic heterocycles. The fraction of sp³-hybridized carbons (Fsp3) is 0.625. The van der Waals surface area contributed by atoms with Gasteiger partial charge in [-0.1, -0.05) is 140 Å². The average molecular weight is 593 g/mol. The van der Waals surface area contributed by atoms with E-state index in [1.807, 2.05) is 0 Å². The molecule has 0 unspecified atom stereocenters. The molecule has 0 saturated heterocycles. The van der Waals surface area contributed by atoms with Gasteiger partial charge in [0, 0.05) is 10.4 Å². The monoisotopic (exact) mass is 592 g/mol. The van der Waals surface area contributed by atoms with Gasteiger partial charge in [-0.2, -0.15) is 0 Å². The van der Waals surface area contributed by atoms with Gasteiger partial charge in [0.1, 0.15) is 11.5 Å². The van der Waals surface area contributed by atoms with Gasteiger partial charge in [0.2, 0.25) is 0 Å². The molecule has 0 radical (unpaired) electrons. The predicted molar refractivity (Wildman–Crippen MR) is 156 cm³/mol. The maximum Gasteiger partial charge on any atom is 1.00 e. The molecule has 2 aromatic carbocycles. The van der Waals surface area contributed by atoms with Crippen molar-refractivity contribution in [2.24, 2.45) is 0 Å². The molecule has 5 nitrogen and oxygen atoms in total. The van der Waals surface area contributed by atoms with Crippen molar-refractivity contribution in [3.05, 3.63) is 59.7 Å². The van der Waals surface area contributed by atoms with E-state index in [1.54, 1.807) is 0 Å². The Balaban J connectivity index is 0. The van der Waals surface area contributed by atoms with Crippen LogP contribution >= 0.6 is 0 Å². The Morgan fingerprint density at radius 3 is 1.12 bits per heavy atom. The maximum absolute atomic E-state index is 8.52. The number of aryl methyl sites for hydroxylation is 2. The second-order valence-electron chi connectivity index (χ2n) is 10.2. The van der Waals surface area contributed by atoms with E-state index in [4.69, 9.17) is 22.3 Å². The number of ether oxygens (including phenoxy) is 1.